The molecule has 0 atom stereocenters. The fourth-order valence-corrected chi connectivity index (χ4v) is 6.03. The highest BCUT2D eigenvalue weighted by Gasteiger charge is 2.32. The molecule has 0 aliphatic carbocycles. The van der Waals surface area contributed by atoms with E-state index in [-0.39, 0.29) is 10.9 Å². The lowest BCUT2D eigenvalue weighted by Crippen LogP contribution is -2.39. The Morgan fingerprint density at radius 1 is 1.00 bits per heavy atom. The Balaban J connectivity index is 1.45. The maximum Gasteiger partial charge on any atom is 0.243 e. The van der Waals surface area contributed by atoms with Gasteiger partial charge in [0.2, 0.25) is 10.0 Å². The van der Waals surface area contributed by atoms with Gasteiger partial charge in [-0.25, -0.2) is 18.4 Å². The van der Waals surface area contributed by atoms with Crippen LogP contribution in [0.25, 0.3) is 22.6 Å². The molecule has 1 aliphatic heterocycles. The number of benzene rings is 2. The summed E-state index contributed by atoms with van der Waals surface area (Å²) in [6, 6.07) is 18.9. The van der Waals surface area contributed by atoms with Crippen LogP contribution >= 0.6 is 11.6 Å². The normalized spacial score (nSPS) is 15.9. The number of hydrogen-bond donors (Lipinski definition) is 0. The van der Waals surface area contributed by atoms with Crippen LogP contribution in [0.3, 0.4) is 0 Å². The van der Waals surface area contributed by atoms with E-state index < -0.39 is 10.0 Å². The molecule has 1 aliphatic rings. The predicted octanol–water partition coefficient (Wildman–Crippen LogP) is 5.09. The fourth-order valence-electron chi connectivity index (χ4n) is 4.29. The van der Waals surface area contributed by atoms with E-state index in [2.05, 4.69) is 9.55 Å². The van der Waals surface area contributed by atoms with E-state index in [1.165, 1.54) is 0 Å². The molecular weight excluding hydrogens is 444 g/mol. The molecule has 0 unspecified atom stereocenters. The highest BCUT2D eigenvalue weighted by Crippen LogP contribution is 2.34. The van der Waals surface area contributed by atoms with Crippen molar-refractivity contribution in [3.63, 3.8) is 0 Å². The fraction of sp³-hybridized carbons (Fsp3) is 0.250. The largest absolute Gasteiger partial charge is 0.305 e. The van der Waals surface area contributed by atoms with Gasteiger partial charge in [0.25, 0.3) is 0 Å². The molecule has 6 nitrogen and oxygen atoms in total. The lowest BCUT2D eigenvalue weighted by molar-refractivity contribution is 0.278. The molecule has 3 heterocycles. The molecule has 0 radical (unpaired) electrons. The third-order valence-electron chi connectivity index (χ3n) is 6.05. The van der Waals surface area contributed by atoms with E-state index in [1.54, 1.807) is 28.7 Å². The summed E-state index contributed by atoms with van der Waals surface area (Å²) in [6.07, 6.45) is 3.14. The van der Waals surface area contributed by atoms with Crippen LogP contribution in [-0.2, 0) is 10.0 Å². The van der Waals surface area contributed by atoms with Crippen molar-refractivity contribution < 1.29 is 8.42 Å². The number of rotatable bonds is 4. The zero-order valence-corrected chi connectivity index (χ0v) is 19.2. The molecular formula is C24H23ClN4O2S. The molecule has 4 aromatic rings. The maximum atomic E-state index is 13.2. The van der Waals surface area contributed by atoms with E-state index >= 15 is 0 Å². The van der Waals surface area contributed by atoms with Crippen LogP contribution in [0, 0.1) is 6.92 Å². The van der Waals surface area contributed by atoms with Crippen molar-refractivity contribution >= 4 is 32.8 Å². The lowest BCUT2D eigenvalue weighted by Gasteiger charge is -2.32. The van der Waals surface area contributed by atoms with Crippen LogP contribution in [0.2, 0.25) is 5.02 Å². The molecule has 0 spiro atoms. The summed E-state index contributed by atoms with van der Waals surface area (Å²) >= 11 is 6.18. The zero-order valence-electron chi connectivity index (χ0n) is 17.6. The molecule has 0 N–H and O–H groups in total. The topological polar surface area (TPSA) is 68.1 Å². The number of hydrogen-bond acceptors (Lipinski definition) is 4. The number of sulfonamides is 1. The predicted molar refractivity (Wildman–Crippen MR) is 126 cm³/mol. The third kappa shape index (κ3) is 3.70. The average Bonchev–Trinajstić information content (AvgIpc) is 3.21. The van der Waals surface area contributed by atoms with Crippen molar-refractivity contribution in [3.8, 4) is 11.4 Å². The Hall–Kier alpha value is -2.74. The molecule has 2 aromatic heterocycles. The van der Waals surface area contributed by atoms with Gasteiger partial charge in [-0.05, 0) is 49.6 Å². The first-order chi connectivity index (χ1) is 15.4. The number of aromatic nitrogens is 3. The summed E-state index contributed by atoms with van der Waals surface area (Å²) in [4.78, 5) is 9.68. The molecule has 8 heteroatoms. The van der Waals surface area contributed by atoms with Crippen molar-refractivity contribution in [2.24, 2.45) is 0 Å². The first kappa shape index (κ1) is 21.1. The number of imidazole rings is 1. The van der Waals surface area contributed by atoms with Gasteiger partial charge in [-0.15, -0.1) is 0 Å². The number of pyridine rings is 1. The first-order valence-corrected chi connectivity index (χ1v) is 12.4. The third-order valence-corrected chi connectivity index (χ3v) is 8.35. The van der Waals surface area contributed by atoms with Gasteiger partial charge in [-0.2, -0.15) is 4.31 Å². The Kier molecular flexibility index (Phi) is 5.49. The van der Waals surface area contributed by atoms with Crippen LogP contribution in [0.5, 0.6) is 0 Å². The Morgan fingerprint density at radius 2 is 1.75 bits per heavy atom. The van der Waals surface area contributed by atoms with Crippen molar-refractivity contribution in [2.75, 3.05) is 13.1 Å². The maximum absolute atomic E-state index is 13.2. The summed E-state index contributed by atoms with van der Waals surface area (Å²) < 4.78 is 30.1. The first-order valence-electron chi connectivity index (χ1n) is 10.6. The van der Waals surface area contributed by atoms with E-state index in [1.807, 2.05) is 49.4 Å². The molecule has 0 bridgehead atoms. The number of piperidine rings is 1. The zero-order chi connectivity index (χ0) is 22.3. The second-order valence-corrected chi connectivity index (χ2v) is 10.4. The molecule has 1 fully saturated rings. The van der Waals surface area contributed by atoms with Gasteiger partial charge in [0.05, 0.1) is 4.90 Å². The molecule has 0 saturated carbocycles. The number of fused-ring (bicyclic) bond motifs is 1. The summed E-state index contributed by atoms with van der Waals surface area (Å²) in [7, 11) is -3.59. The average molecular weight is 467 g/mol. The van der Waals surface area contributed by atoms with Crippen molar-refractivity contribution in [3.05, 3.63) is 77.4 Å². The van der Waals surface area contributed by atoms with Crippen LogP contribution in [0.4, 0.5) is 0 Å². The van der Waals surface area contributed by atoms with Crippen LogP contribution in [-0.4, -0.2) is 40.3 Å². The SMILES string of the molecule is Cc1ccc(S(=O)(=O)N2CCC(n3c(-c4ccccc4)nc4cccnc43)CC2)cc1Cl. The Bertz CT molecular complexity index is 1380. The minimum Gasteiger partial charge on any atom is -0.305 e. The number of aryl methyl sites for hydroxylation is 1. The molecule has 32 heavy (non-hydrogen) atoms. The second kappa shape index (κ2) is 8.31. The van der Waals surface area contributed by atoms with Crippen LogP contribution < -0.4 is 0 Å². The highest BCUT2D eigenvalue weighted by molar-refractivity contribution is 7.89. The minimum absolute atomic E-state index is 0.109. The van der Waals surface area contributed by atoms with E-state index in [0.717, 1.165) is 28.1 Å². The minimum atomic E-state index is -3.59. The molecule has 164 valence electrons. The Morgan fingerprint density at radius 3 is 2.47 bits per heavy atom. The summed E-state index contributed by atoms with van der Waals surface area (Å²) in [6.45, 7) is 2.72. The molecule has 0 amide bonds. The second-order valence-electron chi connectivity index (χ2n) is 8.06. The van der Waals surface area contributed by atoms with Crippen LogP contribution in [0.15, 0.2) is 71.8 Å². The molecule has 1 saturated heterocycles. The van der Waals surface area contributed by atoms with E-state index in [9.17, 15) is 8.42 Å². The quantitative estimate of drug-likeness (QED) is 0.420. The van der Waals surface area contributed by atoms with Gasteiger partial charge in [-0.3, -0.25) is 0 Å². The van der Waals surface area contributed by atoms with Crippen LogP contribution in [0.1, 0.15) is 24.4 Å². The van der Waals surface area contributed by atoms with Gasteiger partial charge in [0.15, 0.2) is 5.65 Å². The van der Waals surface area contributed by atoms with Crippen molar-refractivity contribution in [2.45, 2.75) is 30.7 Å². The summed E-state index contributed by atoms with van der Waals surface area (Å²) in [5, 5.41) is 0.462. The smallest absolute Gasteiger partial charge is 0.243 e. The highest BCUT2D eigenvalue weighted by atomic mass is 35.5. The van der Waals surface area contributed by atoms with Gasteiger partial charge >= 0.3 is 0 Å². The number of halogens is 1. The van der Waals surface area contributed by atoms with Gasteiger partial charge in [0.1, 0.15) is 11.3 Å². The molecule has 5 rings (SSSR count). The van der Waals surface area contributed by atoms with Gasteiger partial charge in [-0.1, -0.05) is 48.0 Å². The Labute approximate surface area is 192 Å². The monoisotopic (exact) mass is 466 g/mol. The number of nitrogens with zero attached hydrogens (tertiary/aromatic N) is 4. The molecule has 2 aromatic carbocycles. The lowest BCUT2D eigenvalue weighted by atomic mass is 10.1. The van der Waals surface area contributed by atoms with Gasteiger partial charge < -0.3 is 4.57 Å². The standard InChI is InChI=1S/C24H23ClN4O2S/c1-17-9-10-20(16-21(17)25)32(30,31)28-14-11-19(12-15-28)29-23(18-6-3-2-4-7-18)27-22-8-5-13-26-24(22)29/h2-10,13,16,19H,11-12,14-15H2,1H3. The van der Waals surface area contributed by atoms with Crippen molar-refractivity contribution in [1.29, 1.82) is 0 Å². The van der Waals surface area contributed by atoms with Gasteiger partial charge in [0, 0.05) is 35.9 Å². The summed E-state index contributed by atoms with van der Waals surface area (Å²) in [5.74, 6) is 0.867. The van der Waals surface area contributed by atoms with E-state index in [4.69, 9.17) is 16.6 Å². The van der Waals surface area contributed by atoms with Crippen molar-refractivity contribution in [1.82, 2.24) is 18.8 Å². The van der Waals surface area contributed by atoms with E-state index in [0.29, 0.717) is 31.0 Å². The summed E-state index contributed by atoms with van der Waals surface area (Å²) in [5.41, 5.74) is 3.56.